The second-order valence-corrected chi connectivity index (χ2v) is 8.59. The van der Waals surface area contributed by atoms with Gasteiger partial charge in [0.2, 0.25) is 5.91 Å². The lowest BCUT2D eigenvalue weighted by Crippen LogP contribution is -2.13. The number of rotatable bonds is 5. The van der Waals surface area contributed by atoms with Crippen molar-refractivity contribution < 1.29 is 14.7 Å². The average molecular weight is 440 g/mol. The molecular weight excluding hydrogens is 418 g/mol. The first-order valence-electron chi connectivity index (χ1n) is 9.96. The number of aliphatic hydroxyl groups is 1. The molecule has 1 amide bonds. The Kier molecular flexibility index (Phi) is 5.84. The molecule has 3 aromatic rings. The highest BCUT2D eigenvalue weighted by Gasteiger charge is 2.25. The third-order valence-electron chi connectivity index (χ3n) is 5.12. The zero-order chi connectivity index (χ0) is 22.8. The molecule has 4 nitrogen and oxygen atoms in total. The van der Waals surface area contributed by atoms with Gasteiger partial charge in [-0.15, -0.1) is 0 Å². The van der Waals surface area contributed by atoms with Gasteiger partial charge < -0.3 is 10.4 Å². The van der Waals surface area contributed by atoms with Crippen LogP contribution < -0.4 is 5.32 Å². The molecule has 1 aliphatic carbocycles. The number of fused-ring (bicyclic) bond motifs is 2. The van der Waals surface area contributed by atoms with E-state index in [2.05, 4.69) is 18.5 Å². The van der Waals surface area contributed by atoms with E-state index in [-0.39, 0.29) is 17.4 Å². The van der Waals surface area contributed by atoms with Gasteiger partial charge in [-0.1, -0.05) is 61.3 Å². The number of carbonyl (C=O) groups is 2. The minimum Gasteiger partial charge on any atom is -0.507 e. The van der Waals surface area contributed by atoms with E-state index >= 15 is 0 Å². The molecule has 2 N–H and O–H groups in total. The third kappa shape index (κ3) is 4.29. The van der Waals surface area contributed by atoms with E-state index in [1.54, 1.807) is 36.4 Å². The predicted molar refractivity (Wildman–Crippen MR) is 131 cm³/mol. The Bertz CT molecular complexity index is 1300. The molecule has 0 aliphatic heterocycles. The van der Waals surface area contributed by atoms with Gasteiger partial charge in [0, 0.05) is 33.5 Å². The SMILES string of the molecule is C=C(Sc1ccc2c(c1)C(=C)c1ccccc1C2=O)/C(O)=C\c1ccc(NC(C)=O)cc1. The van der Waals surface area contributed by atoms with Gasteiger partial charge in [-0.3, -0.25) is 9.59 Å². The Morgan fingerprint density at radius 1 is 0.969 bits per heavy atom. The fraction of sp³-hybridized carbons (Fsp3) is 0.0370. The first-order valence-corrected chi connectivity index (χ1v) is 10.8. The summed E-state index contributed by atoms with van der Waals surface area (Å²) in [5.41, 5.74) is 5.21. The Hall–Kier alpha value is -3.83. The Morgan fingerprint density at radius 2 is 1.62 bits per heavy atom. The van der Waals surface area contributed by atoms with Gasteiger partial charge in [0.25, 0.3) is 0 Å². The Morgan fingerprint density at radius 3 is 2.31 bits per heavy atom. The molecule has 0 saturated heterocycles. The van der Waals surface area contributed by atoms with Gasteiger partial charge in [0.1, 0.15) is 5.76 Å². The number of nitrogens with one attached hydrogen (secondary N) is 1. The van der Waals surface area contributed by atoms with Gasteiger partial charge in [-0.25, -0.2) is 0 Å². The van der Waals surface area contributed by atoms with Crippen molar-refractivity contribution in [3.8, 4) is 0 Å². The quantitative estimate of drug-likeness (QED) is 0.213. The van der Waals surface area contributed by atoms with Crippen molar-refractivity contribution >= 4 is 40.8 Å². The van der Waals surface area contributed by atoms with Crippen molar-refractivity contribution in [2.75, 3.05) is 5.32 Å². The number of hydrogen-bond donors (Lipinski definition) is 2. The summed E-state index contributed by atoms with van der Waals surface area (Å²) in [4.78, 5) is 25.3. The minimum atomic E-state index is -0.140. The van der Waals surface area contributed by atoms with Crippen LogP contribution in [0.3, 0.4) is 0 Å². The minimum absolute atomic E-state index is 0.0103. The van der Waals surface area contributed by atoms with E-state index in [0.29, 0.717) is 21.7 Å². The first kappa shape index (κ1) is 21.4. The third-order valence-corrected chi connectivity index (χ3v) is 6.06. The van der Waals surface area contributed by atoms with Crippen LogP contribution in [0.15, 0.2) is 95.4 Å². The molecular formula is C27H21NO3S. The van der Waals surface area contributed by atoms with Gasteiger partial charge in [-0.2, -0.15) is 0 Å². The van der Waals surface area contributed by atoms with E-state index in [0.717, 1.165) is 27.2 Å². The van der Waals surface area contributed by atoms with Crippen LogP contribution in [0.1, 0.15) is 39.5 Å². The lowest BCUT2D eigenvalue weighted by atomic mass is 9.82. The van der Waals surface area contributed by atoms with Gasteiger partial charge >= 0.3 is 0 Å². The largest absolute Gasteiger partial charge is 0.507 e. The molecule has 158 valence electrons. The first-order chi connectivity index (χ1) is 15.3. The summed E-state index contributed by atoms with van der Waals surface area (Å²) in [6.45, 7) is 9.63. The molecule has 0 bridgehead atoms. The lowest BCUT2D eigenvalue weighted by molar-refractivity contribution is -0.114. The zero-order valence-corrected chi connectivity index (χ0v) is 18.3. The summed E-state index contributed by atoms with van der Waals surface area (Å²) >= 11 is 1.32. The fourth-order valence-electron chi connectivity index (χ4n) is 3.57. The van der Waals surface area contributed by atoms with Crippen molar-refractivity contribution in [2.24, 2.45) is 0 Å². The molecule has 0 atom stereocenters. The highest BCUT2D eigenvalue weighted by atomic mass is 32.2. The Labute approximate surface area is 191 Å². The summed E-state index contributed by atoms with van der Waals surface area (Å²) in [6.07, 6.45) is 1.62. The number of ketones is 1. The van der Waals surface area contributed by atoms with Crippen LogP contribution in [0.5, 0.6) is 0 Å². The van der Waals surface area contributed by atoms with E-state index in [4.69, 9.17) is 0 Å². The van der Waals surface area contributed by atoms with Crippen LogP contribution in [0.2, 0.25) is 0 Å². The van der Waals surface area contributed by atoms with E-state index in [9.17, 15) is 14.7 Å². The lowest BCUT2D eigenvalue weighted by Gasteiger charge is -2.21. The second kappa shape index (κ2) is 8.73. The topological polar surface area (TPSA) is 66.4 Å². The number of thioether (sulfide) groups is 1. The molecule has 0 aromatic heterocycles. The van der Waals surface area contributed by atoms with Crippen LogP contribution >= 0.6 is 11.8 Å². The van der Waals surface area contributed by atoms with Gasteiger partial charge in [0.05, 0.1) is 0 Å². The Balaban J connectivity index is 1.53. The molecule has 4 rings (SSSR count). The van der Waals surface area contributed by atoms with E-state index < -0.39 is 0 Å². The van der Waals surface area contributed by atoms with Crippen molar-refractivity contribution in [1.82, 2.24) is 0 Å². The van der Waals surface area contributed by atoms with Crippen molar-refractivity contribution in [3.05, 3.63) is 118 Å². The number of carbonyl (C=O) groups excluding carboxylic acids is 2. The van der Waals surface area contributed by atoms with Crippen molar-refractivity contribution in [3.63, 3.8) is 0 Å². The molecule has 0 unspecified atom stereocenters. The van der Waals surface area contributed by atoms with Crippen LogP contribution in [-0.4, -0.2) is 16.8 Å². The number of amides is 1. The van der Waals surface area contributed by atoms with Crippen LogP contribution in [0.4, 0.5) is 5.69 Å². The average Bonchev–Trinajstić information content (AvgIpc) is 2.78. The van der Waals surface area contributed by atoms with Crippen LogP contribution in [-0.2, 0) is 4.79 Å². The summed E-state index contributed by atoms with van der Waals surface area (Å²) < 4.78 is 0. The maximum Gasteiger partial charge on any atom is 0.221 e. The van der Waals surface area contributed by atoms with Crippen LogP contribution in [0, 0.1) is 0 Å². The highest BCUT2D eigenvalue weighted by Crippen LogP contribution is 2.38. The van der Waals surface area contributed by atoms with Crippen molar-refractivity contribution in [2.45, 2.75) is 11.8 Å². The fourth-order valence-corrected chi connectivity index (χ4v) is 4.33. The van der Waals surface area contributed by atoms with Crippen molar-refractivity contribution in [1.29, 1.82) is 0 Å². The summed E-state index contributed by atoms with van der Waals surface area (Å²) in [5.74, 6) is -0.108. The summed E-state index contributed by atoms with van der Waals surface area (Å²) in [7, 11) is 0. The van der Waals surface area contributed by atoms with E-state index in [1.807, 2.05) is 36.4 Å². The molecule has 0 saturated carbocycles. The highest BCUT2D eigenvalue weighted by molar-refractivity contribution is 8.03. The molecule has 0 fully saturated rings. The maximum absolute atomic E-state index is 12.8. The molecule has 5 heteroatoms. The monoisotopic (exact) mass is 439 g/mol. The number of anilines is 1. The number of hydrogen-bond acceptors (Lipinski definition) is 4. The zero-order valence-electron chi connectivity index (χ0n) is 17.5. The number of aliphatic hydroxyl groups excluding tert-OH is 1. The standard InChI is InChI=1S/C27H21NO3S/c1-16-22-6-4-5-7-23(22)27(31)24-13-12-21(15-25(16)24)32-17(2)26(30)14-19-8-10-20(11-9-19)28-18(3)29/h4-15,30H,1-2H2,3H3,(H,28,29)/b26-14+. The normalized spacial score (nSPS) is 12.7. The second-order valence-electron chi connectivity index (χ2n) is 7.42. The summed E-state index contributed by atoms with van der Waals surface area (Å²) in [6, 6.07) is 20.2. The number of benzene rings is 3. The smallest absolute Gasteiger partial charge is 0.221 e. The van der Waals surface area contributed by atoms with E-state index in [1.165, 1.54) is 18.7 Å². The van der Waals surface area contributed by atoms with Gasteiger partial charge in [0.15, 0.2) is 5.78 Å². The van der Waals surface area contributed by atoms with Gasteiger partial charge in [-0.05, 0) is 58.7 Å². The molecule has 0 radical (unpaired) electrons. The predicted octanol–water partition coefficient (Wildman–Crippen LogP) is 6.46. The van der Waals surface area contributed by atoms with Crippen LogP contribution in [0.25, 0.3) is 11.6 Å². The molecule has 0 heterocycles. The summed E-state index contributed by atoms with van der Waals surface area (Å²) in [5, 5.41) is 13.2. The maximum atomic E-state index is 12.8. The molecule has 1 aliphatic rings. The molecule has 0 spiro atoms. The molecule has 32 heavy (non-hydrogen) atoms. The molecule has 3 aromatic carbocycles.